The number of methoxy groups -OCH3 is 2. The standard InChI is InChI=1S/C16H16BrClO3/c1-20-15-6-3-10(7-13(15)17)8-14(19)12-5-4-11(18)9-16(12)21-2/h3-7,9,14,19H,8H2,1-2H3. The summed E-state index contributed by atoms with van der Waals surface area (Å²) in [5.41, 5.74) is 1.71. The first-order chi connectivity index (χ1) is 10.0. The van der Waals surface area contributed by atoms with Crippen LogP contribution in [0.15, 0.2) is 40.9 Å². The molecule has 0 amide bonds. The Morgan fingerprint density at radius 3 is 2.43 bits per heavy atom. The first-order valence-electron chi connectivity index (χ1n) is 6.39. The summed E-state index contributed by atoms with van der Waals surface area (Å²) >= 11 is 9.38. The van der Waals surface area contributed by atoms with E-state index in [-0.39, 0.29) is 0 Å². The van der Waals surface area contributed by atoms with Gasteiger partial charge in [-0.15, -0.1) is 0 Å². The zero-order chi connectivity index (χ0) is 15.4. The van der Waals surface area contributed by atoms with E-state index in [9.17, 15) is 5.11 Å². The van der Waals surface area contributed by atoms with Gasteiger partial charge in [-0.25, -0.2) is 0 Å². The van der Waals surface area contributed by atoms with Crippen molar-refractivity contribution in [1.29, 1.82) is 0 Å². The summed E-state index contributed by atoms with van der Waals surface area (Å²) in [4.78, 5) is 0. The van der Waals surface area contributed by atoms with Gasteiger partial charge in [0.15, 0.2) is 0 Å². The van der Waals surface area contributed by atoms with Crippen LogP contribution in [0.4, 0.5) is 0 Å². The number of benzene rings is 2. The minimum absolute atomic E-state index is 0.473. The molecule has 2 aromatic rings. The van der Waals surface area contributed by atoms with Crippen LogP contribution in [0.1, 0.15) is 17.2 Å². The van der Waals surface area contributed by atoms with E-state index in [1.807, 2.05) is 18.2 Å². The summed E-state index contributed by atoms with van der Waals surface area (Å²) in [5.74, 6) is 1.35. The molecule has 0 radical (unpaired) electrons. The van der Waals surface area contributed by atoms with E-state index < -0.39 is 6.10 Å². The predicted molar refractivity (Wildman–Crippen MR) is 87.4 cm³/mol. The van der Waals surface area contributed by atoms with Crippen molar-refractivity contribution in [2.24, 2.45) is 0 Å². The molecule has 1 unspecified atom stereocenters. The van der Waals surface area contributed by atoms with Gasteiger partial charge < -0.3 is 14.6 Å². The number of ether oxygens (including phenoxy) is 2. The second-order valence-electron chi connectivity index (χ2n) is 4.58. The highest BCUT2D eigenvalue weighted by Gasteiger charge is 2.15. The summed E-state index contributed by atoms with van der Waals surface area (Å²) in [5, 5.41) is 11.0. The van der Waals surface area contributed by atoms with E-state index in [1.165, 1.54) is 0 Å². The van der Waals surface area contributed by atoms with Gasteiger partial charge in [0, 0.05) is 17.0 Å². The molecule has 0 spiro atoms. The largest absolute Gasteiger partial charge is 0.496 e. The monoisotopic (exact) mass is 370 g/mol. The van der Waals surface area contributed by atoms with E-state index in [2.05, 4.69) is 15.9 Å². The topological polar surface area (TPSA) is 38.7 Å². The highest BCUT2D eigenvalue weighted by molar-refractivity contribution is 9.10. The van der Waals surface area contributed by atoms with E-state index in [4.69, 9.17) is 21.1 Å². The SMILES string of the molecule is COc1ccc(CC(O)c2ccc(Cl)cc2OC)cc1Br. The van der Waals surface area contributed by atoms with Crippen LogP contribution in [0.3, 0.4) is 0 Å². The molecule has 0 saturated carbocycles. The van der Waals surface area contributed by atoms with Crippen LogP contribution in [-0.4, -0.2) is 19.3 Å². The number of aliphatic hydroxyl groups excluding tert-OH is 1. The Balaban J connectivity index is 2.21. The molecule has 0 bridgehead atoms. The first-order valence-corrected chi connectivity index (χ1v) is 7.56. The fraction of sp³-hybridized carbons (Fsp3) is 0.250. The Hall–Kier alpha value is -1.23. The molecule has 2 rings (SSSR count). The quantitative estimate of drug-likeness (QED) is 0.847. The van der Waals surface area contributed by atoms with Crippen LogP contribution in [0, 0.1) is 0 Å². The molecule has 0 fully saturated rings. The first kappa shape index (κ1) is 16.1. The lowest BCUT2D eigenvalue weighted by Gasteiger charge is -2.16. The molecule has 0 aliphatic carbocycles. The van der Waals surface area contributed by atoms with Crippen LogP contribution in [0.2, 0.25) is 5.02 Å². The van der Waals surface area contributed by atoms with E-state index in [0.717, 1.165) is 15.8 Å². The van der Waals surface area contributed by atoms with Crippen molar-refractivity contribution in [1.82, 2.24) is 0 Å². The Morgan fingerprint density at radius 1 is 1.10 bits per heavy atom. The molecule has 5 heteroatoms. The van der Waals surface area contributed by atoms with Gasteiger partial charge in [0.25, 0.3) is 0 Å². The van der Waals surface area contributed by atoms with Crippen LogP contribution in [0.25, 0.3) is 0 Å². The molecule has 0 heterocycles. The second-order valence-corrected chi connectivity index (χ2v) is 5.87. The lowest BCUT2D eigenvalue weighted by Crippen LogP contribution is -2.04. The van der Waals surface area contributed by atoms with Crippen molar-refractivity contribution in [2.75, 3.05) is 14.2 Å². The highest BCUT2D eigenvalue weighted by Crippen LogP contribution is 2.32. The molecule has 0 aliphatic heterocycles. The maximum atomic E-state index is 10.4. The van der Waals surface area contributed by atoms with Crippen LogP contribution in [0.5, 0.6) is 11.5 Å². The van der Waals surface area contributed by atoms with Gasteiger partial charge in [0.2, 0.25) is 0 Å². The van der Waals surface area contributed by atoms with Crippen molar-refractivity contribution < 1.29 is 14.6 Å². The Labute approximate surface area is 137 Å². The van der Waals surface area contributed by atoms with Crippen molar-refractivity contribution in [3.05, 3.63) is 57.0 Å². The smallest absolute Gasteiger partial charge is 0.133 e. The summed E-state index contributed by atoms with van der Waals surface area (Å²) in [6, 6.07) is 11.0. The predicted octanol–water partition coefficient (Wildman–Crippen LogP) is 4.40. The number of rotatable bonds is 5. The molecule has 3 nitrogen and oxygen atoms in total. The third-order valence-corrected chi connectivity index (χ3v) is 4.05. The fourth-order valence-electron chi connectivity index (χ4n) is 2.13. The Kier molecular flexibility index (Phi) is 5.51. The maximum absolute atomic E-state index is 10.4. The molecule has 0 aromatic heterocycles. The van der Waals surface area contributed by atoms with E-state index in [0.29, 0.717) is 22.8 Å². The highest BCUT2D eigenvalue weighted by atomic mass is 79.9. The summed E-state index contributed by atoms with van der Waals surface area (Å²) < 4.78 is 11.3. The number of hydrogen-bond acceptors (Lipinski definition) is 3. The lowest BCUT2D eigenvalue weighted by molar-refractivity contribution is 0.174. The molecular formula is C16H16BrClO3. The van der Waals surface area contributed by atoms with Gasteiger partial charge in [-0.05, 0) is 45.8 Å². The number of aliphatic hydroxyl groups is 1. The third kappa shape index (κ3) is 3.90. The number of hydrogen-bond donors (Lipinski definition) is 1. The molecular weight excluding hydrogens is 356 g/mol. The van der Waals surface area contributed by atoms with Crippen molar-refractivity contribution in [2.45, 2.75) is 12.5 Å². The Morgan fingerprint density at radius 2 is 1.81 bits per heavy atom. The minimum Gasteiger partial charge on any atom is -0.496 e. The van der Waals surface area contributed by atoms with Crippen LogP contribution in [-0.2, 0) is 6.42 Å². The number of halogens is 2. The second kappa shape index (κ2) is 7.16. The molecule has 1 N–H and O–H groups in total. The van der Waals surface area contributed by atoms with Gasteiger partial charge in [-0.1, -0.05) is 23.7 Å². The van der Waals surface area contributed by atoms with Gasteiger partial charge >= 0.3 is 0 Å². The maximum Gasteiger partial charge on any atom is 0.133 e. The normalized spacial score (nSPS) is 12.0. The zero-order valence-electron chi connectivity index (χ0n) is 11.8. The fourth-order valence-corrected chi connectivity index (χ4v) is 2.88. The van der Waals surface area contributed by atoms with E-state index >= 15 is 0 Å². The molecule has 1 atom stereocenters. The minimum atomic E-state index is -0.669. The molecule has 0 aliphatic rings. The molecule has 21 heavy (non-hydrogen) atoms. The molecule has 0 saturated heterocycles. The van der Waals surface area contributed by atoms with Crippen molar-refractivity contribution in [3.8, 4) is 11.5 Å². The Bertz CT molecular complexity index is 631. The lowest BCUT2D eigenvalue weighted by atomic mass is 10.0. The van der Waals surface area contributed by atoms with Gasteiger partial charge in [0.05, 0.1) is 24.8 Å². The van der Waals surface area contributed by atoms with E-state index in [1.54, 1.807) is 32.4 Å². The van der Waals surface area contributed by atoms with Gasteiger partial charge in [-0.3, -0.25) is 0 Å². The molecule has 112 valence electrons. The van der Waals surface area contributed by atoms with Crippen LogP contribution < -0.4 is 9.47 Å². The van der Waals surface area contributed by atoms with Crippen molar-refractivity contribution >= 4 is 27.5 Å². The average molecular weight is 372 g/mol. The summed E-state index contributed by atoms with van der Waals surface area (Å²) in [7, 11) is 3.18. The summed E-state index contributed by atoms with van der Waals surface area (Å²) in [6.07, 6.45) is -0.196. The summed E-state index contributed by atoms with van der Waals surface area (Å²) in [6.45, 7) is 0. The van der Waals surface area contributed by atoms with Crippen molar-refractivity contribution in [3.63, 3.8) is 0 Å². The average Bonchev–Trinajstić information content (AvgIpc) is 2.47. The zero-order valence-corrected chi connectivity index (χ0v) is 14.1. The van der Waals surface area contributed by atoms with Gasteiger partial charge in [-0.2, -0.15) is 0 Å². The molecule has 2 aromatic carbocycles. The van der Waals surface area contributed by atoms with Gasteiger partial charge in [0.1, 0.15) is 11.5 Å². The third-order valence-electron chi connectivity index (χ3n) is 3.20. The van der Waals surface area contributed by atoms with Crippen LogP contribution >= 0.6 is 27.5 Å².